The van der Waals surface area contributed by atoms with Gasteiger partial charge in [0.2, 0.25) is 0 Å². The highest BCUT2D eigenvalue weighted by Crippen LogP contribution is 2.60. The van der Waals surface area contributed by atoms with Crippen LogP contribution in [0.15, 0.2) is 18.2 Å². The largest absolute Gasteiger partial charge is 0.496 e. The molecule has 0 aliphatic carbocycles. The molecule has 0 heterocycles. The minimum absolute atomic E-state index is 0.239. The number of nitrogens with two attached hydrogens (primary N) is 1. The first kappa shape index (κ1) is 17.0. The molecule has 1 rings (SSSR count). The summed E-state index contributed by atoms with van der Waals surface area (Å²) in [5.74, 6) is -0.0125. The normalized spacial score (nSPS) is 13.1. The second-order valence-electron chi connectivity index (χ2n) is 3.90. The fraction of sp³-hybridized carbons (Fsp3) is 0.538. The third-order valence-electron chi connectivity index (χ3n) is 2.72. The lowest BCUT2D eigenvalue weighted by molar-refractivity contribution is 0.211. The van der Waals surface area contributed by atoms with E-state index in [1.54, 1.807) is 32.0 Å². The Morgan fingerprint density at radius 3 is 1.90 bits per heavy atom. The highest BCUT2D eigenvalue weighted by Gasteiger charge is 2.37. The molecule has 2 N–H and O–H groups in total. The van der Waals surface area contributed by atoms with Crippen molar-refractivity contribution in [2.75, 3.05) is 27.4 Å². The molecule has 0 saturated heterocycles. The van der Waals surface area contributed by atoms with Crippen LogP contribution in [-0.2, 0) is 13.6 Å². The summed E-state index contributed by atoms with van der Waals surface area (Å²) in [5.41, 5.74) is 6.60. The number of methoxy groups -OCH3 is 2. The summed E-state index contributed by atoms with van der Waals surface area (Å²) >= 11 is 0. The SMILES string of the molecule is CCOP(=O)(OCC)[C@@H](N)c1c(OC)cccc1OC. The second kappa shape index (κ2) is 7.64. The lowest BCUT2D eigenvalue weighted by Gasteiger charge is -2.25. The molecular weight excluding hydrogens is 281 g/mol. The number of rotatable bonds is 8. The highest BCUT2D eigenvalue weighted by atomic mass is 31.2. The molecule has 0 amide bonds. The van der Waals surface area contributed by atoms with E-state index in [1.807, 2.05) is 0 Å². The minimum Gasteiger partial charge on any atom is -0.496 e. The third-order valence-corrected chi connectivity index (χ3v) is 4.90. The van der Waals surface area contributed by atoms with Crippen molar-refractivity contribution in [3.8, 4) is 11.5 Å². The Morgan fingerprint density at radius 1 is 1.10 bits per heavy atom. The molecule has 0 saturated carbocycles. The first-order valence-electron chi connectivity index (χ1n) is 6.39. The molecule has 0 spiro atoms. The third kappa shape index (κ3) is 3.52. The van der Waals surface area contributed by atoms with Gasteiger partial charge in [0.15, 0.2) is 0 Å². The van der Waals surface area contributed by atoms with Crippen LogP contribution in [0.5, 0.6) is 11.5 Å². The van der Waals surface area contributed by atoms with E-state index in [9.17, 15) is 4.57 Å². The van der Waals surface area contributed by atoms with Gasteiger partial charge in [0, 0.05) is 0 Å². The summed E-state index contributed by atoms with van der Waals surface area (Å²) in [7, 11) is -0.472. The molecule has 1 aromatic carbocycles. The first-order valence-corrected chi connectivity index (χ1v) is 8.00. The van der Waals surface area contributed by atoms with Gasteiger partial charge < -0.3 is 24.3 Å². The van der Waals surface area contributed by atoms with Crippen molar-refractivity contribution in [2.45, 2.75) is 19.6 Å². The van der Waals surface area contributed by atoms with Crippen molar-refractivity contribution < 1.29 is 23.1 Å². The van der Waals surface area contributed by atoms with Crippen LogP contribution in [0.4, 0.5) is 0 Å². The monoisotopic (exact) mass is 303 g/mol. The van der Waals surface area contributed by atoms with Gasteiger partial charge in [-0.2, -0.15) is 0 Å². The van der Waals surface area contributed by atoms with Gasteiger partial charge in [-0.3, -0.25) is 4.57 Å². The smallest absolute Gasteiger partial charge is 0.352 e. The van der Waals surface area contributed by atoms with Crippen LogP contribution in [-0.4, -0.2) is 27.4 Å². The summed E-state index contributed by atoms with van der Waals surface area (Å²) in [4.78, 5) is 0. The van der Waals surface area contributed by atoms with Crippen LogP contribution in [0.3, 0.4) is 0 Å². The maximum absolute atomic E-state index is 12.8. The number of benzene rings is 1. The Labute approximate surface area is 119 Å². The maximum atomic E-state index is 12.8. The average molecular weight is 303 g/mol. The van der Waals surface area contributed by atoms with Gasteiger partial charge in [-0.25, -0.2) is 0 Å². The molecule has 7 heteroatoms. The molecule has 114 valence electrons. The van der Waals surface area contributed by atoms with Gasteiger partial charge >= 0.3 is 7.60 Å². The highest BCUT2D eigenvalue weighted by molar-refractivity contribution is 7.54. The Kier molecular flexibility index (Phi) is 6.49. The Bertz CT molecular complexity index is 448. The molecule has 0 fully saturated rings. The summed E-state index contributed by atoms with van der Waals surface area (Å²) in [5, 5.41) is 0. The average Bonchev–Trinajstić information content (AvgIpc) is 2.46. The zero-order valence-electron chi connectivity index (χ0n) is 12.3. The molecule has 20 heavy (non-hydrogen) atoms. The van der Waals surface area contributed by atoms with E-state index < -0.39 is 13.4 Å². The van der Waals surface area contributed by atoms with Crippen LogP contribution >= 0.6 is 7.60 Å². The van der Waals surface area contributed by atoms with Crippen LogP contribution in [0.25, 0.3) is 0 Å². The Morgan fingerprint density at radius 2 is 1.55 bits per heavy atom. The molecule has 0 aliphatic heterocycles. The predicted molar refractivity (Wildman–Crippen MR) is 77.3 cm³/mol. The van der Waals surface area contributed by atoms with E-state index in [0.717, 1.165) is 0 Å². The zero-order valence-corrected chi connectivity index (χ0v) is 13.2. The van der Waals surface area contributed by atoms with Gasteiger partial charge in [0.05, 0.1) is 33.0 Å². The summed E-state index contributed by atoms with van der Waals surface area (Å²) in [6.45, 7) is 3.95. The van der Waals surface area contributed by atoms with E-state index >= 15 is 0 Å². The molecule has 0 radical (unpaired) electrons. The number of hydrogen-bond donors (Lipinski definition) is 1. The Balaban J connectivity index is 3.30. The minimum atomic E-state index is -3.49. The van der Waals surface area contributed by atoms with Crippen LogP contribution in [0, 0.1) is 0 Å². The van der Waals surface area contributed by atoms with Crippen molar-refractivity contribution >= 4 is 7.60 Å². The molecule has 1 aromatic rings. The van der Waals surface area contributed by atoms with Crippen molar-refractivity contribution in [2.24, 2.45) is 5.73 Å². The van der Waals surface area contributed by atoms with E-state index in [2.05, 4.69) is 0 Å². The van der Waals surface area contributed by atoms with E-state index in [4.69, 9.17) is 24.3 Å². The molecule has 0 bridgehead atoms. The zero-order chi connectivity index (χ0) is 15.2. The maximum Gasteiger partial charge on any atom is 0.352 e. The Hall–Kier alpha value is -1.07. The first-order chi connectivity index (χ1) is 9.53. The predicted octanol–water partition coefficient (Wildman–Crippen LogP) is 2.93. The van der Waals surface area contributed by atoms with Gasteiger partial charge in [-0.1, -0.05) is 6.07 Å². The van der Waals surface area contributed by atoms with Gasteiger partial charge in [0.1, 0.15) is 17.3 Å². The lowest BCUT2D eigenvalue weighted by Crippen LogP contribution is -2.17. The molecule has 0 aromatic heterocycles. The van der Waals surface area contributed by atoms with Gasteiger partial charge in [0.25, 0.3) is 0 Å². The molecular formula is C13H22NO5P. The molecule has 0 aliphatic rings. The fourth-order valence-electron chi connectivity index (χ4n) is 1.89. The van der Waals surface area contributed by atoms with Crippen LogP contribution < -0.4 is 15.2 Å². The van der Waals surface area contributed by atoms with Crippen molar-refractivity contribution in [1.82, 2.24) is 0 Å². The summed E-state index contributed by atoms with van der Waals surface area (Å²) < 4.78 is 33.9. The van der Waals surface area contributed by atoms with Crippen molar-refractivity contribution in [3.63, 3.8) is 0 Å². The van der Waals surface area contributed by atoms with E-state index in [0.29, 0.717) is 17.1 Å². The summed E-state index contributed by atoms with van der Waals surface area (Å²) in [6, 6.07) is 5.21. The summed E-state index contributed by atoms with van der Waals surface area (Å²) in [6.07, 6.45) is 0. The molecule has 0 unspecified atom stereocenters. The van der Waals surface area contributed by atoms with Crippen LogP contribution in [0.2, 0.25) is 0 Å². The lowest BCUT2D eigenvalue weighted by atomic mass is 10.1. The van der Waals surface area contributed by atoms with E-state index in [-0.39, 0.29) is 13.2 Å². The fourth-order valence-corrected chi connectivity index (χ4v) is 3.57. The van der Waals surface area contributed by atoms with Gasteiger partial charge in [-0.15, -0.1) is 0 Å². The number of hydrogen-bond acceptors (Lipinski definition) is 6. The van der Waals surface area contributed by atoms with Crippen LogP contribution in [0.1, 0.15) is 25.2 Å². The van der Waals surface area contributed by atoms with Crippen molar-refractivity contribution in [3.05, 3.63) is 23.8 Å². The topological polar surface area (TPSA) is 80.0 Å². The van der Waals surface area contributed by atoms with Crippen molar-refractivity contribution in [1.29, 1.82) is 0 Å². The molecule has 6 nitrogen and oxygen atoms in total. The number of ether oxygens (including phenoxy) is 2. The quantitative estimate of drug-likeness (QED) is 0.744. The second-order valence-corrected chi connectivity index (χ2v) is 6.05. The van der Waals surface area contributed by atoms with Gasteiger partial charge in [-0.05, 0) is 26.0 Å². The van der Waals surface area contributed by atoms with E-state index in [1.165, 1.54) is 14.2 Å². The molecule has 1 atom stereocenters. The standard InChI is InChI=1S/C13H22NO5P/c1-5-18-20(15,19-6-2)13(14)12-10(16-3)8-7-9-11(12)17-4/h7-9,13H,5-6,14H2,1-4H3/t13-/m1/s1.